The Morgan fingerprint density at radius 1 is 1.21 bits per heavy atom. The van der Waals surface area contributed by atoms with Gasteiger partial charge in [0, 0.05) is 11.5 Å². The van der Waals surface area contributed by atoms with Gasteiger partial charge < -0.3 is 29.2 Å². The van der Waals surface area contributed by atoms with Gasteiger partial charge in [-0.05, 0) is 12.5 Å². The molecule has 0 bridgehead atoms. The van der Waals surface area contributed by atoms with E-state index in [1.807, 2.05) is 30.3 Å². The Morgan fingerprint density at radius 2 is 1.97 bits per heavy atom. The second-order valence-corrected chi connectivity index (χ2v) is 11.9. The van der Waals surface area contributed by atoms with E-state index in [2.05, 4.69) is 15.0 Å². The summed E-state index contributed by atoms with van der Waals surface area (Å²) in [5.41, 5.74) is 7.95. The van der Waals surface area contributed by atoms with Gasteiger partial charge in [0.2, 0.25) is 0 Å². The van der Waals surface area contributed by atoms with Gasteiger partial charge in [0.05, 0.1) is 31.7 Å². The first-order chi connectivity index (χ1) is 15.9. The summed E-state index contributed by atoms with van der Waals surface area (Å²) in [5.74, 6) is 1.54. The first-order valence-electron chi connectivity index (χ1n) is 10.3. The number of benzene rings is 1. The zero-order chi connectivity index (χ0) is 23.3. The number of imidazole rings is 1. The third-order valence-electron chi connectivity index (χ3n) is 4.98. The molecule has 2 aromatic heterocycles. The standard InChI is InChI=1S/C20H26N5O5PS2/c1-14(7-25-12-24-18-19(21)22-11-23-20(18)25)29-13-31(26,27)30-17-10-33-32-9-16(17)28-8-15-5-3-2-4-6-15/h2-6,11-12,14,16-17H,7-10,13H2,1H3,(H,26,27)(H2,21,22,23)/t14-,16-,17?/m1/s1. The normalized spacial score (nSPS) is 21.6. The van der Waals surface area contributed by atoms with E-state index in [0.29, 0.717) is 41.6 Å². The van der Waals surface area contributed by atoms with Crippen LogP contribution in [0.5, 0.6) is 0 Å². The maximum atomic E-state index is 12.7. The van der Waals surface area contributed by atoms with Gasteiger partial charge in [0.25, 0.3) is 0 Å². The van der Waals surface area contributed by atoms with Crippen molar-refractivity contribution in [1.29, 1.82) is 0 Å². The second-order valence-electron chi connectivity index (χ2n) is 7.62. The lowest BCUT2D eigenvalue weighted by molar-refractivity contribution is -0.0200. The summed E-state index contributed by atoms with van der Waals surface area (Å²) in [6.07, 6.45) is 1.38. The quantitative estimate of drug-likeness (QED) is 0.306. The van der Waals surface area contributed by atoms with E-state index >= 15 is 0 Å². The Kier molecular flexibility index (Phi) is 8.29. The predicted molar refractivity (Wildman–Crippen MR) is 130 cm³/mol. The van der Waals surface area contributed by atoms with Crippen molar-refractivity contribution in [2.75, 3.05) is 23.6 Å². The monoisotopic (exact) mass is 511 g/mol. The largest absolute Gasteiger partial charge is 0.382 e. The Hall–Kier alpha value is -1.66. The summed E-state index contributed by atoms with van der Waals surface area (Å²) in [5, 5.41) is 0. The molecule has 0 saturated carbocycles. The molecule has 178 valence electrons. The van der Waals surface area contributed by atoms with Gasteiger partial charge >= 0.3 is 7.60 Å². The fraction of sp³-hybridized carbons (Fsp3) is 0.450. The molecule has 0 spiro atoms. The Labute approximate surface area is 199 Å². The Morgan fingerprint density at radius 3 is 2.76 bits per heavy atom. The minimum absolute atomic E-state index is 0.281. The fourth-order valence-corrected chi connectivity index (χ4v) is 6.98. The summed E-state index contributed by atoms with van der Waals surface area (Å²) in [6, 6.07) is 9.82. The van der Waals surface area contributed by atoms with Crippen LogP contribution in [-0.2, 0) is 31.7 Å². The highest BCUT2D eigenvalue weighted by Crippen LogP contribution is 2.47. The summed E-state index contributed by atoms with van der Waals surface area (Å²) in [4.78, 5) is 22.8. The van der Waals surface area contributed by atoms with Crippen molar-refractivity contribution in [2.24, 2.45) is 0 Å². The number of fused-ring (bicyclic) bond motifs is 1. The van der Waals surface area contributed by atoms with Crippen molar-refractivity contribution < 1.29 is 23.5 Å². The lowest BCUT2D eigenvalue weighted by atomic mass is 10.2. The van der Waals surface area contributed by atoms with Gasteiger partial charge in [-0.2, -0.15) is 0 Å². The molecule has 4 rings (SSSR count). The molecule has 13 heteroatoms. The highest BCUT2D eigenvalue weighted by atomic mass is 33.1. The van der Waals surface area contributed by atoms with Crippen LogP contribution < -0.4 is 5.73 Å². The number of ether oxygens (including phenoxy) is 2. The zero-order valence-electron chi connectivity index (χ0n) is 18.0. The van der Waals surface area contributed by atoms with Crippen molar-refractivity contribution in [2.45, 2.75) is 38.4 Å². The van der Waals surface area contributed by atoms with Crippen molar-refractivity contribution in [1.82, 2.24) is 19.5 Å². The Bertz CT molecular complexity index is 1100. The number of anilines is 1. The van der Waals surface area contributed by atoms with Crippen LogP contribution in [0.25, 0.3) is 11.2 Å². The molecule has 4 atom stereocenters. The maximum Gasteiger partial charge on any atom is 0.353 e. The molecule has 0 amide bonds. The highest BCUT2D eigenvalue weighted by Gasteiger charge is 2.34. The number of nitrogen functional groups attached to an aromatic ring is 1. The van der Waals surface area contributed by atoms with Crippen LogP contribution in [0, 0.1) is 0 Å². The number of rotatable bonds is 10. The molecule has 0 aliphatic carbocycles. The van der Waals surface area contributed by atoms with Crippen LogP contribution in [0.4, 0.5) is 5.82 Å². The minimum Gasteiger partial charge on any atom is -0.382 e. The SMILES string of the molecule is C[C@H](Cn1cnc2c(N)ncnc21)OCP(=O)(O)OC1CSSC[C@H]1OCc1ccccc1. The zero-order valence-corrected chi connectivity index (χ0v) is 20.5. The van der Waals surface area contributed by atoms with Gasteiger partial charge in [-0.25, -0.2) is 15.0 Å². The summed E-state index contributed by atoms with van der Waals surface area (Å²) in [7, 11) is -0.713. The predicted octanol–water partition coefficient (Wildman–Crippen LogP) is 3.32. The van der Waals surface area contributed by atoms with Crippen molar-refractivity contribution in [3.63, 3.8) is 0 Å². The van der Waals surface area contributed by atoms with E-state index in [1.54, 1.807) is 39.4 Å². The first kappa shape index (κ1) is 24.5. The van der Waals surface area contributed by atoms with Crippen LogP contribution in [0.3, 0.4) is 0 Å². The van der Waals surface area contributed by atoms with E-state index in [0.717, 1.165) is 5.56 Å². The molecule has 1 aliphatic rings. The van der Waals surface area contributed by atoms with Crippen molar-refractivity contribution in [3.8, 4) is 0 Å². The molecule has 33 heavy (non-hydrogen) atoms. The lowest BCUT2D eigenvalue weighted by Gasteiger charge is -2.31. The fourth-order valence-electron chi connectivity index (χ4n) is 3.30. The highest BCUT2D eigenvalue weighted by molar-refractivity contribution is 8.76. The summed E-state index contributed by atoms with van der Waals surface area (Å²) < 4.78 is 31.8. The molecule has 3 aromatic rings. The van der Waals surface area contributed by atoms with Crippen molar-refractivity contribution in [3.05, 3.63) is 48.5 Å². The lowest BCUT2D eigenvalue weighted by Crippen LogP contribution is -2.37. The number of aromatic nitrogens is 4. The van der Waals surface area contributed by atoms with Crippen LogP contribution in [0.2, 0.25) is 0 Å². The van der Waals surface area contributed by atoms with Crippen LogP contribution >= 0.6 is 29.2 Å². The van der Waals surface area contributed by atoms with E-state index in [9.17, 15) is 9.46 Å². The molecule has 0 radical (unpaired) electrons. The topological polar surface area (TPSA) is 135 Å². The van der Waals surface area contributed by atoms with E-state index < -0.39 is 20.0 Å². The van der Waals surface area contributed by atoms with E-state index in [1.165, 1.54) is 6.33 Å². The molecule has 3 N–H and O–H groups in total. The van der Waals surface area contributed by atoms with E-state index in [-0.39, 0.29) is 12.2 Å². The molecule has 3 heterocycles. The molecule has 1 aromatic carbocycles. The third kappa shape index (κ3) is 6.69. The summed E-state index contributed by atoms with van der Waals surface area (Å²) >= 11 is 0. The van der Waals surface area contributed by atoms with Crippen LogP contribution in [0.1, 0.15) is 12.5 Å². The molecule has 1 aliphatic heterocycles. The molecule has 1 saturated heterocycles. The average Bonchev–Trinajstić information content (AvgIpc) is 3.22. The smallest absolute Gasteiger partial charge is 0.353 e. The van der Waals surface area contributed by atoms with Crippen LogP contribution in [0.15, 0.2) is 43.0 Å². The molecule has 2 unspecified atom stereocenters. The number of hydrogen-bond acceptors (Lipinski definition) is 10. The molecular weight excluding hydrogens is 485 g/mol. The second kappa shape index (κ2) is 11.2. The van der Waals surface area contributed by atoms with Gasteiger partial charge in [-0.1, -0.05) is 51.9 Å². The van der Waals surface area contributed by atoms with Crippen molar-refractivity contribution >= 4 is 46.2 Å². The first-order valence-corrected chi connectivity index (χ1v) is 14.6. The van der Waals surface area contributed by atoms with Gasteiger partial charge in [-0.3, -0.25) is 4.57 Å². The third-order valence-corrected chi connectivity index (χ3v) is 8.46. The minimum atomic E-state index is -3.99. The van der Waals surface area contributed by atoms with Gasteiger partial charge in [0.15, 0.2) is 11.5 Å². The number of nitrogens with zero attached hydrogens (tertiary/aromatic N) is 4. The van der Waals surface area contributed by atoms with Gasteiger partial charge in [0.1, 0.15) is 24.3 Å². The van der Waals surface area contributed by atoms with Gasteiger partial charge in [-0.15, -0.1) is 0 Å². The maximum absolute atomic E-state index is 12.7. The number of nitrogens with two attached hydrogens (primary N) is 1. The average molecular weight is 512 g/mol. The van der Waals surface area contributed by atoms with Crippen LogP contribution in [-0.4, -0.2) is 60.6 Å². The molecule has 10 nitrogen and oxygen atoms in total. The molecular formula is C20H26N5O5PS2. The Balaban J connectivity index is 1.29. The summed E-state index contributed by atoms with van der Waals surface area (Å²) in [6.45, 7) is 2.60. The van der Waals surface area contributed by atoms with E-state index in [4.69, 9.17) is 19.7 Å². The molecule has 1 fully saturated rings. The number of hydrogen-bond donors (Lipinski definition) is 2.